The Balaban J connectivity index is 1.67. The van der Waals surface area contributed by atoms with E-state index in [1.807, 2.05) is 24.3 Å². The van der Waals surface area contributed by atoms with E-state index < -0.39 is 11.1 Å². The van der Waals surface area contributed by atoms with E-state index in [4.69, 9.17) is 0 Å². The highest BCUT2D eigenvalue weighted by atomic mass is 32.2. The lowest BCUT2D eigenvalue weighted by Gasteiger charge is -2.11. The van der Waals surface area contributed by atoms with Gasteiger partial charge in [0.05, 0.1) is 5.69 Å². The van der Waals surface area contributed by atoms with Gasteiger partial charge in [-0.25, -0.2) is 14.4 Å². The van der Waals surface area contributed by atoms with Crippen molar-refractivity contribution in [1.82, 2.24) is 15.0 Å². The van der Waals surface area contributed by atoms with Crippen LogP contribution in [0, 0.1) is 5.82 Å². The zero-order valence-electron chi connectivity index (χ0n) is 16.6. The average molecular weight is 440 g/mol. The zero-order valence-corrected chi connectivity index (χ0v) is 17.4. The van der Waals surface area contributed by atoms with E-state index in [1.165, 1.54) is 6.07 Å². The molecule has 0 saturated carbocycles. The van der Waals surface area contributed by atoms with Crippen LogP contribution in [0.4, 0.5) is 4.39 Å². The minimum atomic E-state index is -2.28. The van der Waals surface area contributed by atoms with Crippen LogP contribution in [0.1, 0.15) is 0 Å². The summed E-state index contributed by atoms with van der Waals surface area (Å²) in [5.41, 5.74) is 4.69. The molecule has 0 aliphatic heterocycles. The molecule has 0 fully saturated rings. The summed E-state index contributed by atoms with van der Waals surface area (Å²) in [4.78, 5) is 13.6. The lowest BCUT2D eigenvalue weighted by Crippen LogP contribution is -1.94. The van der Waals surface area contributed by atoms with Crippen LogP contribution < -0.4 is 0 Å². The van der Waals surface area contributed by atoms with E-state index in [0.29, 0.717) is 16.9 Å². The molecule has 0 radical (unpaired) electrons. The number of nitrogens with zero attached hydrogens (tertiary/aromatic N) is 3. The highest BCUT2D eigenvalue weighted by Crippen LogP contribution is 2.33. The molecule has 1 unspecified atom stereocenters. The second kappa shape index (κ2) is 8.37. The molecule has 0 bridgehead atoms. The second-order valence-corrected chi connectivity index (χ2v) is 8.07. The number of hydrogen-bond donors (Lipinski definition) is 0. The van der Waals surface area contributed by atoms with Crippen LogP contribution in [0.5, 0.6) is 0 Å². The van der Waals surface area contributed by atoms with Crippen molar-refractivity contribution in [3.8, 4) is 33.5 Å². The van der Waals surface area contributed by atoms with Crippen molar-refractivity contribution in [2.45, 2.75) is 4.90 Å². The van der Waals surface area contributed by atoms with Crippen LogP contribution in [0.3, 0.4) is 0 Å². The third-order valence-electron chi connectivity index (χ3n) is 5.16. The number of halogens is 1. The fraction of sp³-hybridized carbons (Fsp3) is 0. The Kier molecular flexibility index (Phi) is 5.26. The van der Waals surface area contributed by atoms with Gasteiger partial charge in [0.15, 0.2) is 5.65 Å². The maximum Gasteiger partial charge on any atom is 0.160 e. The summed E-state index contributed by atoms with van der Waals surface area (Å²) in [6.45, 7) is 0. The van der Waals surface area contributed by atoms with Gasteiger partial charge in [0.1, 0.15) is 5.82 Å². The fourth-order valence-electron chi connectivity index (χ4n) is 3.61. The van der Waals surface area contributed by atoms with Gasteiger partial charge in [0.25, 0.3) is 0 Å². The molecule has 5 nitrogen and oxygen atoms in total. The number of hydrogen-bond acceptors (Lipinski definition) is 5. The van der Waals surface area contributed by atoms with Crippen molar-refractivity contribution in [1.29, 1.82) is 0 Å². The first-order chi connectivity index (χ1) is 15.6. The number of benzene rings is 2. The SMILES string of the molecule is O=S([O-])c1ccc(-c2cncc(-c3cc(-c4ccccc4F)nc4ncccc34)c2)cc1. The van der Waals surface area contributed by atoms with Crippen molar-refractivity contribution in [3.05, 3.63) is 97.2 Å². The van der Waals surface area contributed by atoms with Gasteiger partial charge in [-0.1, -0.05) is 24.3 Å². The van der Waals surface area contributed by atoms with Gasteiger partial charge in [-0.2, -0.15) is 0 Å². The lowest BCUT2D eigenvalue weighted by molar-refractivity contribution is 0.537. The summed E-state index contributed by atoms with van der Waals surface area (Å²) < 4.78 is 36.7. The fourth-order valence-corrected chi connectivity index (χ4v) is 3.96. The third-order valence-corrected chi connectivity index (χ3v) is 5.82. The summed E-state index contributed by atoms with van der Waals surface area (Å²) in [6, 6.07) is 20.6. The van der Waals surface area contributed by atoms with Gasteiger partial charge in [-0.15, -0.1) is 0 Å². The predicted octanol–water partition coefficient (Wildman–Crippen LogP) is 5.40. The number of aromatic nitrogens is 3. The molecule has 0 N–H and O–H groups in total. The molecule has 5 rings (SSSR count). The normalized spacial score (nSPS) is 12.1. The Morgan fingerprint density at radius 3 is 2.38 bits per heavy atom. The molecule has 0 saturated heterocycles. The molecule has 0 aliphatic rings. The largest absolute Gasteiger partial charge is 0.768 e. The van der Waals surface area contributed by atoms with E-state index in [9.17, 15) is 13.2 Å². The third kappa shape index (κ3) is 3.79. The van der Waals surface area contributed by atoms with Crippen LogP contribution in [0.2, 0.25) is 0 Å². The summed E-state index contributed by atoms with van der Waals surface area (Å²) >= 11 is -2.28. The summed E-state index contributed by atoms with van der Waals surface area (Å²) in [5, 5.41) is 0.823. The topological polar surface area (TPSA) is 78.8 Å². The Morgan fingerprint density at radius 2 is 1.59 bits per heavy atom. The molecule has 2 aromatic carbocycles. The van der Waals surface area contributed by atoms with Crippen LogP contribution >= 0.6 is 0 Å². The molecular formula is C25H15FN3O2S-. The maximum atomic E-state index is 14.5. The zero-order chi connectivity index (χ0) is 22.1. The monoisotopic (exact) mass is 440 g/mol. The molecule has 7 heteroatoms. The molecule has 5 aromatic rings. The van der Waals surface area contributed by atoms with E-state index in [-0.39, 0.29) is 10.7 Å². The van der Waals surface area contributed by atoms with Crippen molar-refractivity contribution >= 4 is 22.1 Å². The van der Waals surface area contributed by atoms with Crippen molar-refractivity contribution < 1.29 is 13.2 Å². The Bertz CT molecular complexity index is 1470. The van der Waals surface area contributed by atoms with Crippen molar-refractivity contribution in [2.75, 3.05) is 0 Å². The van der Waals surface area contributed by atoms with Crippen LogP contribution in [-0.2, 0) is 11.1 Å². The summed E-state index contributed by atoms with van der Waals surface area (Å²) in [7, 11) is 0. The van der Waals surface area contributed by atoms with E-state index in [2.05, 4.69) is 15.0 Å². The number of pyridine rings is 3. The first-order valence-electron chi connectivity index (χ1n) is 9.76. The van der Waals surface area contributed by atoms with E-state index in [1.54, 1.807) is 61.1 Å². The Labute approximate surface area is 185 Å². The molecular weight excluding hydrogens is 425 g/mol. The van der Waals surface area contributed by atoms with Gasteiger partial charge in [0, 0.05) is 45.6 Å². The molecule has 156 valence electrons. The Hall–Kier alpha value is -3.81. The molecule has 3 aromatic heterocycles. The van der Waals surface area contributed by atoms with E-state index in [0.717, 1.165) is 27.6 Å². The smallest absolute Gasteiger partial charge is 0.160 e. The minimum Gasteiger partial charge on any atom is -0.768 e. The Morgan fingerprint density at radius 1 is 0.812 bits per heavy atom. The van der Waals surface area contributed by atoms with Crippen LogP contribution in [0.15, 0.2) is 96.3 Å². The highest BCUT2D eigenvalue weighted by Gasteiger charge is 2.13. The molecule has 0 amide bonds. The highest BCUT2D eigenvalue weighted by molar-refractivity contribution is 7.79. The number of rotatable bonds is 4. The van der Waals surface area contributed by atoms with Crippen molar-refractivity contribution in [2.24, 2.45) is 0 Å². The van der Waals surface area contributed by atoms with Gasteiger partial charge in [-0.05, 0) is 70.7 Å². The molecule has 0 spiro atoms. The van der Waals surface area contributed by atoms with Gasteiger partial charge in [0.2, 0.25) is 0 Å². The van der Waals surface area contributed by atoms with Crippen LogP contribution in [-0.4, -0.2) is 23.7 Å². The standard InChI is InChI=1S/C25H16FN3O2S/c26-23-6-2-1-4-21(23)24-13-22(20-5-3-11-28-25(20)29-24)18-12-17(14-27-15-18)16-7-9-19(10-8-16)32(30)31/h1-15H,(H,30,31)/p-1. The van der Waals surface area contributed by atoms with Gasteiger partial charge >= 0.3 is 0 Å². The summed E-state index contributed by atoms with van der Waals surface area (Å²) in [5.74, 6) is -0.357. The molecule has 32 heavy (non-hydrogen) atoms. The number of fused-ring (bicyclic) bond motifs is 1. The first kappa shape index (κ1) is 20.1. The molecule has 0 aliphatic carbocycles. The van der Waals surface area contributed by atoms with Gasteiger partial charge < -0.3 is 4.55 Å². The van der Waals surface area contributed by atoms with Crippen molar-refractivity contribution in [3.63, 3.8) is 0 Å². The maximum absolute atomic E-state index is 14.5. The predicted molar refractivity (Wildman–Crippen MR) is 121 cm³/mol. The summed E-state index contributed by atoms with van der Waals surface area (Å²) in [6.07, 6.45) is 5.10. The lowest BCUT2D eigenvalue weighted by atomic mass is 9.98. The average Bonchev–Trinajstić information content (AvgIpc) is 2.84. The molecule has 3 heterocycles. The second-order valence-electron chi connectivity index (χ2n) is 7.13. The quantitative estimate of drug-likeness (QED) is 0.350. The molecule has 1 atom stereocenters. The minimum absolute atomic E-state index is 0.221. The van der Waals surface area contributed by atoms with E-state index >= 15 is 0 Å². The van der Waals surface area contributed by atoms with Crippen LogP contribution in [0.25, 0.3) is 44.5 Å². The van der Waals surface area contributed by atoms with Gasteiger partial charge in [-0.3, -0.25) is 9.19 Å². The first-order valence-corrected chi connectivity index (χ1v) is 10.8.